The first-order chi connectivity index (χ1) is 9.67. The van der Waals surface area contributed by atoms with E-state index in [-0.39, 0.29) is 68.5 Å². The van der Waals surface area contributed by atoms with E-state index in [1.807, 2.05) is 42.5 Å². The fourth-order valence-electron chi connectivity index (χ4n) is 1.42. The van der Waals surface area contributed by atoms with E-state index in [9.17, 15) is 4.79 Å². The Bertz CT molecular complexity index is 531. The second-order valence-electron chi connectivity index (χ2n) is 3.76. The molecule has 7 heteroatoms. The molecule has 2 aromatic carbocycles. The summed E-state index contributed by atoms with van der Waals surface area (Å²) < 4.78 is 3.98. The van der Waals surface area contributed by atoms with Crippen molar-refractivity contribution in [3.05, 3.63) is 54.6 Å². The molecule has 0 aliphatic carbocycles. The summed E-state index contributed by atoms with van der Waals surface area (Å²) in [4.78, 5) is 9.90. The Morgan fingerprint density at radius 1 is 1.00 bits per heavy atom. The minimum absolute atomic E-state index is 0. The summed E-state index contributed by atoms with van der Waals surface area (Å²) in [6.45, 7) is -0.767. The van der Waals surface area contributed by atoms with Crippen LogP contribution >= 0.6 is 0 Å². The van der Waals surface area contributed by atoms with E-state index >= 15 is 0 Å². The van der Waals surface area contributed by atoms with Gasteiger partial charge in [-0.3, -0.25) is 4.79 Å². The zero-order chi connectivity index (χ0) is 14.8. The smallest absolute Gasteiger partial charge is 1.00 e. The number of esters is 1. The number of ether oxygens (including phenoxy) is 1. The van der Waals surface area contributed by atoms with Crippen LogP contribution in [0.15, 0.2) is 54.6 Å². The number of hydrogen-bond acceptors (Lipinski definition) is 5. The van der Waals surface area contributed by atoms with Gasteiger partial charge in [0.25, 0.3) is 0 Å². The molecule has 0 bridgehead atoms. The maximum atomic E-state index is 9.90. The molecule has 22 heavy (non-hydrogen) atoms. The summed E-state index contributed by atoms with van der Waals surface area (Å²) in [6.07, 6.45) is 0. The van der Waals surface area contributed by atoms with Crippen LogP contribution in [-0.4, -0.2) is 29.5 Å². The zero-order valence-electron chi connectivity index (χ0n) is 14.9. The van der Waals surface area contributed by atoms with Crippen molar-refractivity contribution in [1.82, 2.24) is 0 Å². The Kier molecular flexibility index (Phi) is 15.5. The second-order valence-corrected chi connectivity index (χ2v) is 3.76. The van der Waals surface area contributed by atoms with Gasteiger partial charge in [-0.15, -0.1) is 0 Å². The van der Waals surface area contributed by atoms with Crippen molar-refractivity contribution in [1.29, 1.82) is 0 Å². The maximum Gasteiger partial charge on any atom is 1.00 e. The van der Waals surface area contributed by atoms with Crippen molar-refractivity contribution in [2.75, 3.05) is 13.3 Å². The van der Waals surface area contributed by atoms with Crippen molar-refractivity contribution >= 4 is 5.97 Å². The average Bonchev–Trinajstić information content (AvgIpc) is 2.50. The molecular formula is C15H19NNa2O4. The minimum atomic E-state index is -0.595. The summed E-state index contributed by atoms with van der Waals surface area (Å²) in [5, 5.41) is 17.0. The molecule has 110 valence electrons. The van der Waals surface area contributed by atoms with Gasteiger partial charge in [0.1, 0.15) is 5.75 Å². The van der Waals surface area contributed by atoms with Crippen LogP contribution in [0.3, 0.4) is 0 Å². The van der Waals surface area contributed by atoms with Gasteiger partial charge in [-0.1, -0.05) is 42.5 Å². The molecule has 2 aromatic rings. The monoisotopic (exact) mass is 323 g/mol. The molecule has 0 unspecified atom stereocenters. The van der Waals surface area contributed by atoms with Gasteiger partial charge in [-0.25, -0.2) is 0 Å². The number of aliphatic hydroxyl groups excluding tert-OH is 1. The van der Waals surface area contributed by atoms with Gasteiger partial charge in [-0.2, -0.15) is 0 Å². The third kappa shape index (κ3) is 9.61. The van der Waals surface area contributed by atoms with Gasteiger partial charge >= 0.3 is 65.1 Å². The molecule has 0 aliphatic heterocycles. The predicted octanol–water partition coefficient (Wildman–Crippen LogP) is -4.27. The van der Waals surface area contributed by atoms with Gasteiger partial charge in [-0.05, 0) is 23.3 Å². The second kappa shape index (κ2) is 14.2. The first-order valence-electron chi connectivity index (χ1n) is 5.98. The molecule has 0 radical (unpaired) electrons. The number of phenols is 1. The van der Waals surface area contributed by atoms with Crippen LogP contribution in [0.5, 0.6) is 5.75 Å². The SMILES string of the molecule is NCC(=O)OCO.Oc1ccc(-c2ccccc2)cc1.[H-].[H-].[Na+].[Na+]. The van der Waals surface area contributed by atoms with E-state index in [2.05, 4.69) is 4.74 Å². The van der Waals surface area contributed by atoms with E-state index < -0.39 is 12.8 Å². The zero-order valence-corrected chi connectivity index (χ0v) is 16.9. The first-order valence-corrected chi connectivity index (χ1v) is 5.98. The van der Waals surface area contributed by atoms with Gasteiger partial charge in [0, 0.05) is 0 Å². The molecule has 0 amide bonds. The molecule has 0 fully saturated rings. The number of carbonyl (C=O) groups is 1. The molecular weight excluding hydrogens is 304 g/mol. The topological polar surface area (TPSA) is 92.8 Å². The minimum Gasteiger partial charge on any atom is -1.00 e. The summed E-state index contributed by atoms with van der Waals surface area (Å²) >= 11 is 0. The summed E-state index contributed by atoms with van der Waals surface area (Å²) in [7, 11) is 0. The fraction of sp³-hybridized carbons (Fsp3) is 0.133. The summed E-state index contributed by atoms with van der Waals surface area (Å²) in [6, 6.07) is 17.3. The Hall–Kier alpha value is -0.370. The standard InChI is InChI=1S/C12H10O.C3H7NO3.2Na.2H/c13-12-8-6-11(7-9-12)10-4-2-1-3-5-10;4-1-3(6)7-2-5;;;;/h1-9,13H;5H,1-2,4H2;;;;/q;;2*+1;2*-1. The maximum absolute atomic E-state index is 9.90. The Labute approximate surface area is 177 Å². The van der Waals surface area contributed by atoms with E-state index in [4.69, 9.17) is 15.9 Å². The molecule has 2 rings (SSSR count). The van der Waals surface area contributed by atoms with Gasteiger partial charge in [0.15, 0.2) is 6.79 Å². The Balaban J connectivity index is -0.000000163. The first kappa shape index (κ1) is 23.9. The van der Waals surface area contributed by atoms with Crippen molar-refractivity contribution in [2.24, 2.45) is 5.73 Å². The summed E-state index contributed by atoms with van der Waals surface area (Å²) in [5.41, 5.74) is 7.06. The molecule has 0 aromatic heterocycles. The normalized spacial score (nSPS) is 8.45. The van der Waals surface area contributed by atoms with Crippen LogP contribution in [0.2, 0.25) is 0 Å². The van der Waals surface area contributed by atoms with Gasteiger partial charge in [0.05, 0.1) is 6.54 Å². The van der Waals surface area contributed by atoms with Crippen molar-refractivity contribution in [3.8, 4) is 16.9 Å². The number of phenolic OH excluding ortho intramolecular Hbond substituents is 1. The Morgan fingerprint density at radius 3 is 1.91 bits per heavy atom. The number of rotatable bonds is 3. The number of hydrogen-bond donors (Lipinski definition) is 3. The molecule has 5 nitrogen and oxygen atoms in total. The number of aromatic hydroxyl groups is 1. The predicted molar refractivity (Wildman–Crippen MR) is 78.0 cm³/mol. The molecule has 0 saturated carbocycles. The van der Waals surface area contributed by atoms with Crippen LogP contribution in [0.1, 0.15) is 2.85 Å². The number of aliphatic hydroxyl groups is 1. The van der Waals surface area contributed by atoms with Crippen LogP contribution in [0.4, 0.5) is 0 Å². The molecule has 4 N–H and O–H groups in total. The third-order valence-electron chi connectivity index (χ3n) is 2.37. The van der Waals surface area contributed by atoms with Crippen LogP contribution in [0, 0.1) is 0 Å². The van der Waals surface area contributed by atoms with E-state index in [0.29, 0.717) is 5.75 Å². The number of benzene rings is 2. The van der Waals surface area contributed by atoms with E-state index in [1.54, 1.807) is 12.1 Å². The largest absolute Gasteiger partial charge is 1.00 e. The van der Waals surface area contributed by atoms with Crippen molar-refractivity contribution in [3.63, 3.8) is 0 Å². The molecule has 0 aliphatic rings. The van der Waals surface area contributed by atoms with E-state index in [0.717, 1.165) is 5.56 Å². The molecule has 0 spiro atoms. The van der Waals surface area contributed by atoms with Crippen LogP contribution in [0.25, 0.3) is 11.1 Å². The number of carbonyl (C=O) groups excluding carboxylic acids is 1. The van der Waals surface area contributed by atoms with Crippen molar-refractivity contribution < 1.29 is 81.7 Å². The quantitative estimate of drug-likeness (QED) is 0.302. The molecule has 0 atom stereocenters. The molecule has 0 saturated heterocycles. The Morgan fingerprint density at radius 2 is 1.50 bits per heavy atom. The number of nitrogens with two attached hydrogens (primary N) is 1. The van der Waals surface area contributed by atoms with Crippen LogP contribution in [-0.2, 0) is 9.53 Å². The fourth-order valence-corrected chi connectivity index (χ4v) is 1.42. The third-order valence-corrected chi connectivity index (χ3v) is 2.37. The molecule has 0 heterocycles. The van der Waals surface area contributed by atoms with Crippen LogP contribution < -0.4 is 64.8 Å². The van der Waals surface area contributed by atoms with Gasteiger partial charge in [0.2, 0.25) is 0 Å². The average molecular weight is 323 g/mol. The van der Waals surface area contributed by atoms with Crippen molar-refractivity contribution in [2.45, 2.75) is 0 Å². The van der Waals surface area contributed by atoms with Gasteiger partial charge < -0.3 is 23.5 Å². The van der Waals surface area contributed by atoms with E-state index in [1.165, 1.54) is 5.56 Å². The summed E-state index contributed by atoms with van der Waals surface area (Å²) in [5.74, 6) is -0.290.